The summed E-state index contributed by atoms with van der Waals surface area (Å²) in [4.78, 5) is 26.3. The minimum absolute atomic E-state index is 0.0295. The molecule has 3 atom stereocenters. The van der Waals surface area contributed by atoms with Gasteiger partial charge in [0.25, 0.3) is 0 Å². The van der Waals surface area contributed by atoms with Crippen LogP contribution in [0.5, 0.6) is 5.75 Å². The van der Waals surface area contributed by atoms with E-state index in [9.17, 15) is 19.8 Å². The maximum absolute atomic E-state index is 12.2. The molecule has 27 heavy (non-hydrogen) atoms. The predicted octanol–water partition coefficient (Wildman–Crippen LogP) is 0.865. The molecular weight excluding hydrogens is 356 g/mol. The van der Waals surface area contributed by atoms with Crippen LogP contribution in [0.15, 0.2) is 29.4 Å². The van der Waals surface area contributed by atoms with E-state index < -0.39 is 36.7 Å². The third kappa shape index (κ3) is 7.53. The molecular formula is C17H24N4O6. The lowest BCUT2D eigenvalue weighted by Crippen LogP contribution is -2.47. The Balaban J connectivity index is 2.75. The molecule has 1 amide bonds. The zero-order chi connectivity index (χ0) is 20.4. The summed E-state index contributed by atoms with van der Waals surface area (Å²) >= 11 is 0. The molecule has 10 nitrogen and oxygen atoms in total. The van der Waals surface area contributed by atoms with Crippen LogP contribution >= 0.6 is 0 Å². The van der Waals surface area contributed by atoms with Crippen molar-refractivity contribution < 1.29 is 29.6 Å². The summed E-state index contributed by atoms with van der Waals surface area (Å²) in [6.45, 7) is 2.91. The zero-order valence-corrected chi connectivity index (χ0v) is 15.1. The molecule has 0 aliphatic heterocycles. The van der Waals surface area contributed by atoms with Gasteiger partial charge in [0.2, 0.25) is 5.91 Å². The van der Waals surface area contributed by atoms with E-state index in [1.807, 2.05) is 0 Å². The average Bonchev–Trinajstić information content (AvgIpc) is 2.64. The molecule has 0 radical (unpaired) electrons. The van der Waals surface area contributed by atoms with Crippen LogP contribution in [0.1, 0.15) is 19.4 Å². The van der Waals surface area contributed by atoms with Gasteiger partial charge in [0.05, 0.1) is 6.61 Å². The first-order valence-corrected chi connectivity index (χ1v) is 8.36. The van der Waals surface area contributed by atoms with E-state index in [4.69, 9.17) is 15.4 Å². The summed E-state index contributed by atoms with van der Waals surface area (Å²) in [5.41, 5.74) is 9.19. The van der Waals surface area contributed by atoms with E-state index >= 15 is 0 Å². The second-order valence-electron chi connectivity index (χ2n) is 6.29. The van der Waals surface area contributed by atoms with E-state index in [0.717, 1.165) is 0 Å². The molecule has 0 aliphatic rings. The van der Waals surface area contributed by atoms with Crippen molar-refractivity contribution in [2.24, 2.45) is 11.0 Å². The molecule has 148 valence electrons. The number of nitrogens with zero attached hydrogens (tertiary/aromatic N) is 3. The van der Waals surface area contributed by atoms with Crippen LogP contribution in [0.3, 0.4) is 0 Å². The molecule has 0 aromatic heterocycles. The Bertz CT molecular complexity index is 673. The molecule has 0 bridgehead atoms. The van der Waals surface area contributed by atoms with Crippen molar-refractivity contribution >= 4 is 11.9 Å². The highest BCUT2D eigenvalue weighted by molar-refractivity contribution is 5.87. The van der Waals surface area contributed by atoms with E-state index in [2.05, 4.69) is 15.3 Å². The molecule has 1 rings (SSSR count). The van der Waals surface area contributed by atoms with Crippen LogP contribution in [-0.4, -0.2) is 58.6 Å². The zero-order valence-electron chi connectivity index (χ0n) is 15.1. The van der Waals surface area contributed by atoms with Gasteiger partial charge in [-0.2, -0.15) is 0 Å². The van der Waals surface area contributed by atoms with Crippen molar-refractivity contribution in [2.45, 2.75) is 38.5 Å². The third-order valence-corrected chi connectivity index (χ3v) is 3.71. The first-order valence-electron chi connectivity index (χ1n) is 8.36. The maximum Gasteiger partial charge on any atom is 0.326 e. The minimum atomic E-state index is -1.21. The summed E-state index contributed by atoms with van der Waals surface area (Å²) in [7, 11) is 0. The van der Waals surface area contributed by atoms with Gasteiger partial charge in [0.1, 0.15) is 30.5 Å². The van der Waals surface area contributed by atoms with Crippen molar-refractivity contribution in [1.29, 1.82) is 0 Å². The molecule has 0 saturated carbocycles. The van der Waals surface area contributed by atoms with Crippen LogP contribution in [0.2, 0.25) is 0 Å². The largest absolute Gasteiger partial charge is 0.491 e. The molecule has 0 spiro atoms. The maximum atomic E-state index is 12.2. The smallest absolute Gasteiger partial charge is 0.326 e. The SMILES string of the molecule is CC(C)[C@H](N=[N+]=[N-])C(=O)NC(Cc1ccc(OCC(O)CO)cc1)C(=O)O. The third-order valence-electron chi connectivity index (χ3n) is 3.71. The van der Waals surface area contributed by atoms with E-state index in [1.54, 1.807) is 38.1 Å². The molecule has 1 aromatic rings. The van der Waals surface area contributed by atoms with Crippen molar-refractivity contribution in [3.8, 4) is 5.75 Å². The van der Waals surface area contributed by atoms with Gasteiger partial charge in [0, 0.05) is 11.3 Å². The Morgan fingerprint density at radius 2 is 1.93 bits per heavy atom. The Hall–Kier alpha value is -2.81. The van der Waals surface area contributed by atoms with Gasteiger partial charge in [-0.05, 0) is 29.1 Å². The summed E-state index contributed by atoms with van der Waals surface area (Å²) < 4.78 is 5.27. The van der Waals surface area contributed by atoms with E-state index in [-0.39, 0.29) is 18.9 Å². The Kier molecular flexibility index (Phi) is 9.07. The normalized spacial score (nSPS) is 14.0. The number of azide groups is 1. The minimum Gasteiger partial charge on any atom is -0.491 e. The number of ether oxygens (including phenoxy) is 1. The molecule has 0 fully saturated rings. The van der Waals surface area contributed by atoms with Gasteiger partial charge >= 0.3 is 5.97 Å². The highest BCUT2D eigenvalue weighted by Gasteiger charge is 2.26. The number of aliphatic hydroxyl groups is 2. The monoisotopic (exact) mass is 380 g/mol. The fourth-order valence-corrected chi connectivity index (χ4v) is 2.20. The van der Waals surface area contributed by atoms with E-state index in [0.29, 0.717) is 11.3 Å². The molecule has 1 aromatic carbocycles. The van der Waals surface area contributed by atoms with Crippen molar-refractivity contribution in [1.82, 2.24) is 5.32 Å². The first kappa shape index (κ1) is 22.2. The molecule has 10 heteroatoms. The van der Waals surface area contributed by atoms with Gasteiger partial charge in [-0.1, -0.05) is 31.1 Å². The number of carbonyl (C=O) groups excluding carboxylic acids is 1. The number of amides is 1. The van der Waals surface area contributed by atoms with Crippen LogP contribution in [0.4, 0.5) is 0 Å². The van der Waals surface area contributed by atoms with Gasteiger partial charge in [-0.25, -0.2) is 4.79 Å². The van der Waals surface area contributed by atoms with Crippen molar-refractivity contribution in [3.63, 3.8) is 0 Å². The number of hydrogen-bond acceptors (Lipinski definition) is 6. The number of carbonyl (C=O) groups is 2. The summed E-state index contributed by atoms with van der Waals surface area (Å²) in [5.74, 6) is -1.68. The molecule has 0 aliphatic carbocycles. The first-order chi connectivity index (χ1) is 12.8. The Morgan fingerprint density at radius 3 is 2.41 bits per heavy atom. The standard InChI is InChI=1S/C17H24N4O6/c1-10(2)15(20-21-18)16(24)19-14(17(25)26)7-11-3-5-13(6-4-11)27-9-12(23)8-22/h3-6,10,12,14-15,22-23H,7-9H2,1-2H3,(H,19,24)(H,25,26)/t12?,14?,15-/m0/s1. The fourth-order valence-electron chi connectivity index (χ4n) is 2.20. The molecule has 0 saturated heterocycles. The fraction of sp³-hybridized carbons (Fsp3) is 0.529. The number of carboxylic acids is 1. The van der Waals surface area contributed by atoms with Crippen LogP contribution in [0.25, 0.3) is 10.4 Å². The predicted molar refractivity (Wildman–Crippen MR) is 96.1 cm³/mol. The number of benzene rings is 1. The van der Waals surface area contributed by atoms with Crippen molar-refractivity contribution in [2.75, 3.05) is 13.2 Å². The number of aliphatic carboxylic acids is 1. The number of hydrogen-bond donors (Lipinski definition) is 4. The lowest BCUT2D eigenvalue weighted by Gasteiger charge is -2.19. The number of carboxylic acid groups (broad SMARTS) is 1. The summed E-state index contributed by atoms with van der Waals surface area (Å²) in [6, 6.07) is 4.28. The highest BCUT2D eigenvalue weighted by atomic mass is 16.5. The summed E-state index contributed by atoms with van der Waals surface area (Å²) in [5, 5.41) is 33.2. The Morgan fingerprint density at radius 1 is 1.30 bits per heavy atom. The highest BCUT2D eigenvalue weighted by Crippen LogP contribution is 2.15. The van der Waals surface area contributed by atoms with E-state index in [1.165, 1.54) is 0 Å². The number of aliphatic hydroxyl groups excluding tert-OH is 2. The molecule has 4 N–H and O–H groups in total. The average molecular weight is 380 g/mol. The van der Waals surface area contributed by atoms with Crippen molar-refractivity contribution in [3.05, 3.63) is 40.3 Å². The molecule has 2 unspecified atom stereocenters. The van der Waals surface area contributed by atoms with Gasteiger partial charge in [-0.15, -0.1) is 0 Å². The van der Waals surface area contributed by atoms with Crippen LogP contribution in [-0.2, 0) is 16.0 Å². The van der Waals surface area contributed by atoms with Crippen LogP contribution in [0, 0.1) is 5.92 Å². The number of nitrogens with one attached hydrogen (secondary N) is 1. The summed E-state index contributed by atoms with van der Waals surface area (Å²) in [6.07, 6.45) is -0.955. The number of rotatable bonds is 11. The Labute approximate surface area is 156 Å². The lowest BCUT2D eigenvalue weighted by molar-refractivity contribution is -0.142. The van der Waals surface area contributed by atoms with Gasteiger partial charge in [-0.3, -0.25) is 4.79 Å². The lowest BCUT2D eigenvalue weighted by atomic mass is 10.0. The topological polar surface area (TPSA) is 165 Å². The van der Waals surface area contributed by atoms with Crippen LogP contribution < -0.4 is 10.1 Å². The van der Waals surface area contributed by atoms with Gasteiger partial charge < -0.3 is 25.4 Å². The quantitative estimate of drug-likeness (QED) is 0.252. The molecule has 0 heterocycles. The second-order valence-corrected chi connectivity index (χ2v) is 6.29. The van der Waals surface area contributed by atoms with Gasteiger partial charge in [0.15, 0.2) is 0 Å². The second kappa shape index (κ2) is 11.0.